The monoisotopic (exact) mass is 217 g/mol. The molecule has 0 saturated heterocycles. The molecule has 0 spiro atoms. The zero-order valence-electron chi connectivity index (χ0n) is 9.06. The fourth-order valence-corrected chi connectivity index (χ4v) is 1.39. The zero-order chi connectivity index (χ0) is 11.7. The minimum absolute atomic E-state index is 0.00201. The van der Waals surface area contributed by atoms with Crippen LogP contribution in [0.4, 0.5) is 0 Å². The van der Waals surface area contributed by atoms with Crippen molar-refractivity contribution >= 4 is 23.2 Å². The lowest BCUT2D eigenvalue weighted by Gasteiger charge is -1.99. The van der Waals surface area contributed by atoms with E-state index >= 15 is 0 Å². The number of aromatic nitrogens is 1. The first-order valence-corrected chi connectivity index (χ1v) is 4.98. The van der Waals surface area contributed by atoms with Crippen LogP contribution < -0.4 is 0 Å². The summed E-state index contributed by atoms with van der Waals surface area (Å²) in [7, 11) is 0. The molecule has 4 nitrogen and oxygen atoms in total. The highest BCUT2D eigenvalue weighted by molar-refractivity contribution is 5.85. The van der Waals surface area contributed by atoms with E-state index in [1.807, 2.05) is 0 Å². The number of aldehydes is 1. The highest BCUT2D eigenvalue weighted by Crippen LogP contribution is 2.22. The summed E-state index contributed by atoms with van der Waals surface area (Å²) in [6.07, 6.45) is 0.752. The minimum atomic E-state index is -0.355. The van der Waals surface area contributed by atoms with Crippen molar-refractivity contribution in [1.29, 1.82) is 0 Å². The molecule has 1 unspecified atom stereocenters. The standard InChI is InChI=1S/C12H11NO3/c1-7(8(2)15)12-13-10-5-9(6-14)3-4-11(10)16-12/h3-7H,1-2H3. The molecule has 0 aliphatic heterocycles. The Morgan fingerprint density at radius 2 is 2.25 bits per heavy atom. The number of hydrogen-bond donors (Lipinski definition) is 0. The molecule has 0 saturated carbocycles. The van der Waals surface area contributed by atoms with E-state index in [0.717, 1.165) is 6.29 Å². The molecule has 0 fully saturated rings. The lowest BCUT2D eigenvalue weighted by molar-refractivity contribution is -0.118. The van der Waals surface area contributed by atoms with Crippen molar-refractivity contribution in [3.05, 3.63) is 29.7 Å². The van der Waals surface area contributed by atoms with Crippen LogP contribution in [0.3, 0.4) is 0 Å². The van der Waals surface area contributed by atoms with Gasteiger partial charge in [0.2, 0.25) is 5.89 Å². The van der Waals surface area contributed by atoms with Crippen LogP contribution in [0, 0.1) is 0 Å². The molecule has 0 bridgehead atoms. The summed E-state index contributed by atoms with van der Waals surface area (Å²) < 4.78 is 5.44. The molecule has 1 aromatic carbocycles. The zero-order valence-corrected chi connectivity index (χ0v) is 9.06. The molecule has 2 aromatic rings. The van der Waals surface area contributed by atoms with E-state index in [1.165, 1.54) is 6.92 Å². The highest BCUT2D eigenvalue weighted by Gasteiger charge is 2.17. The number of hydrogen-bond acceptors (Lipinski definition) is 4. The van der Waals surface area contributed by atoms with Crippen LogP contribution in [0.25, 0.3) is 11.1 Å². The van der Waals surface area contributed by atoms with Crippen molar-refractivity contribution in [2.75, 3.05) is 0 Å². The number of carbonyl (C=O) groups is 2. The summed E-state index contributed by atoms with van der Waals surface area (Å²) in [5.74, 6) is 0.0415. The second-order valence-corrected chi connectivity index (χ2v) is 3.73. The van der Waals surface area contributed by atoms with Gasteiger partial charge in [-0.3, -0.25) is 9.59 Å². The second-order valence-electron chi connectivity index (χ2n) is 3.73. The van der Waals surface area contributed by atoms with Crippen LogP contribution in [-0.2, 0) is 4.79 Å². The van der Waals surface area contributed by atoms with E-state index < -0.39 is 0 Å². The minimum Gasteiger partial charge on any atom is -0.440 e. The van der Waals surface area contributed by atoms with Crippen molar-refractivity contribution in [1.82, 2.24) is 4.98 Å². The largest absolute Gasteiger partial charge is 0.440 e. The molecular weight excluding hydrogens is 206 g/mol. The molecule has 2 rings (SSSR count). The summed E-state index contributed by atoms with van der Waals surface area (Å²) in [5.41, 5.74) is 1.74. The van der Waals surface area contributed by atoms with Gasteiger partial charge in [0, 0.05) is 5.56 Å². The average Bonchev–Trinajstić information content (AvgIpc) is 2.69. The highest BCUT2D eigenvalue weighted by atomic mass is 16.3. The number of nitrogens with zero attached hydrogens (tertiary/aromatic N) is 1. The number of fused-ring (bicyclic) bond motifs is 1. The number of carbonyl (C=O) groups excluding carboxylic acids is 2. The van der Waals surface area contributed by atoms with E-state index in [0.29, 0.717) is 22.6 Å². The second kappa shape index (κ2) is 3.89. The van der Waals surface area contributed by atoms with Crippen LogP contribution in [0.15, 0.2) is 22.6 Å². The van der Waals surface area contributed by atoms with Crippen LogP contribution in [0.5, 0.6) is 0 Å². The fraction of sp³-hybridized carbons (Fsp3) is 0.250. The van der Waals surface area contributed by atoms with E-state index in [-0.39, 0.29) is 11.7 Å². The van der Waals surface area contributed by atoms with Crippen LogP contribution in [-0.4, -0.2) is 17.1 Å². The van der Waals surface area contributed by atoms with Gasteiger partial charge in [-0.15, -0.1) is 0 Å². The van der Waals surface area contributed by atoms with Crippen molar-refractivity contribution in [3.8, 4) is 0 Å². The van der Waals surface area contributed by atoms with Gasteiger partial charge >= 0.3 is 0 Å². The van der Waals surface area contributed by atoms with Crippen molar-refractivity contribution in [2.45, 2.75) is 19.8 Å². The first-order valence-electron chi connectivity index (χ1n) is 4.98. The summed E-state index contributed by atoms with van der Waals surface area (Å²) in [6, 6.07) is 4.98. The molecule has 1 heterocycles. The van der Waals surface area contributed by atoms with E-state index in [1.54, 1.807) is 25.1 Å². The third-order valence-corrected chi connectivity index (χ3v) is 2.54. The number of Topliss-reactive ketones (excluding diaryl/α,β-unsaturated/α-hetero) is 1. The van der Waals surface area contributed by atoms with Crippen molar-refractivity contribution in [2.24, 2.45) is 0 Å². The van der Waals surface area contributed by atoms with Gasteiger partial charge in [-0.1, -0.05) is 0 Å². The van der Waals surface area contributed by atoms with E-state index in [9.17, 15) is 9.59 Å². The van der Waals surface area contributed by atoms with Gasteiger partial charge in [0.25, 0.3) is 0 Å². The van der Waals surface area contributed by atoms with Gasteiger partial charge in [0.1, 0.15) is 17.6 Å². The number of rotatable bonds is 3. The molecule has 1 atom stereocenters. The Hall–Kier alpha value is -1.97. The molecule has 0 aliphatic carbocycles. The Morgan fingerprint density at radius 3 is 2.88 bits per heavy atom. The van der Waals surface area contributed by atoms with Gasteiger partial charge in [0.05, 0.1) is 5.92 Å². The maximum absolute atomic E-state index is 11.2. The molecule has 0 aliphatic rings. The quantitative estimate of drug-likeness (QED) is 0.740. The maximum atomic E-state index is 11.2. The molecule has 4 heteroatoms. The summed E-state index contributed by atoms with van der Waals surface area (Å²) in [4.78, 5) is 26.0. The Labute approximate surface area is 92.3 Å². The normalized spacial score (nSPS) is 12.6. The van der Waals surface area contributed by atoms with Gasteiger partial charge < -0.3 is 4.42 Å². The predicted octanol–water partition coefficient (Wildman–Crippen LogP) is 2.33. The predicted molar refractivity (Wildman–Crippen MR) is 58.5 cm³/mol. The van der Waals surface area contributed by atoms with Gasteiger partial charge in [-0.2, -0.15) is 0 Å². The molecule has 82 valence electrons. The van der Waals surface area contributed by atoms with E-state index in [4.69, 9.17) is 4.42 Å². The average molecular weight is 217 g/mol. The van der Waals surface area contributed by atoms with Gasteiger partial charge in [-0.05, 0) is 32.0 Å². The first-order chi connectivity index (χ1) is 7.61. The molecule has 0 amide bonds. The number of benzene rings is 1. The van der Waals surface area contributed by atoms with Gasteiger partial charge in [0.15, 0.2) is 5.58 Å². The molecule has 0 radical (unpaired) electrons. The smallest absolute Gasteiger partial charge is 0.205 e. The van der Waals surface area contributed by atoms with E-state index in [2.05, 4.69) is 4.98 Å². The molecule has 16 heavy (non-hydrogen) atoms. The maximum Gasteiger partial charge on any atom is 0.205 e. The summed E-state index contributed by atoms with van der Waals surface area (Å²) in [5, 5.41) is 0. The van der Waals surface area contributed by atoms with Crippen LogP contribution >= 0.6 is 0 Å². The SMILES string of the molecule is CC(=O)C(C)c1nc2cc(C=O)ccc2o1. The Balaban J connectivity index is 2.51. The van der Waals surface area contributed by atoms with Crippen LogP contribution in [0.1, 0.15) is 36.0 Å². The van der Waals surface area contributed by atoms with Crippen molar-refractivity contribution in [3.63, 3.8) is 0 Å². The Morgan fingerprint density at radius 1 is 1.50 bits per heavy atom. The third-order valence-electron chi connectivity index (χ3n) is 2.54. The molecule has 1 aromatic heterocycles. The first kappa shape index (κ1) is 10.5. The third kappa shape index (κ3) is 1.74. The lowest BCUT2D eigenvalue weighted by Crippen LogP contribution is -2.03. The molecule has 0 N–H and O–H groups in total. The Bertz CT molecular complexity index is 556. The summed E-state index contributed by atoms with van der Waals surface area (Å²) >= 11 is 0. The fourth-order valence-electron chi connectivity index (χ4n) is 1.39. The molecular formula is C12H11NO3. The summed E-state index contributed by atoms with van der Waals surface area (Å²) in [6.45, 7) is 3.24. The number of ketones is 1. The van der Waals surface area contributed by atoms with Crippen molar-refractivity contribution < 1.29 is 14.0 Å². The number of oxazole rings is 1. The topological polar surface area (TPSA) is 60.2 Å². The lowest BCUT2D eigenvalue weighted by atomic mass is 10.1. The van der Waals surface area contributed by atoms with Gasteiger partial charge in [-0.25, -0.2) is 4.98 Å². The van der Waals surface area contributed by atoms with Crippen LogP contribution in [0.2, 0.25) is 0 Å². The Kier molecular flexibility index (Phi) is 2.56.